The standard InChI is InChI=1S/C6H12Br2/c1-6(2,3)5(8)4-7/h5H,4H2,1-3H3. The van der Waals surface area contributed by atoms with Crippen LogP contribution in [-0.4, -0.2) is 10.2 Å². The average Bonchev–Trinajstić information content (AvgIpc) is 1.62. The predicted molar refractivity (Wildman–Crippen MR) is 46.0 cm³/mol. The summed E-state index contributed by atoms with van der Waals surface area (Å²) < 4.78 is 0. The molecule has 0 spiro atoms. The molecule has 0 heterocycles. The first-order valence-electron chi connectivity index (χ1n) is 2.68. The third-order valence-electron chi connectivity index (χ3n) is 1.08. The van der Waals surface area contributed by atoms with Gasteiger partial charge in [-0.2, -0.15) is 0 Å². The monoisotopic (exact) mass is 242 g/mol. The van der Waals surface area contributed by atoms with Crippen molar-refractivity contribution in [3.8, 4) is 0 Å². The summed E-state index contributed by atoms with van der Waals surface area (Å²) in [6.07, 6.45) is 0. The molecule has 0 rings (SSSR count). The molecule has 0 aromatic carbocycles. The summed E-state index contributed by atoms with van der Waals surface area (Å²) in [7, 11) is 0. The fourth-order valence-electron chi connectivity index (χ4n) is 0.231. The summed E-state index contributed by atoms with van der Waals surface area (Å²) in [5.41, 5.74) is 0.378. The van der Waals surface area contributed by atoms with Crippen LogP contribution in [0.1, 0.15) is 20.8 Å². The highest BCUT2D eigenvalue weighted by atomic mass is 79.9. The Morgan fingerprint density at radius 3 is 1.75 bits per heavy atom. The van der Waals surface area contributed by atoms with Gasteiger partial charge >= 0.3 is 0 Å². The van der Waals surface area contributed by atoms with Gasteiger partial charge in [0, 0.05) is 10.2 Å². The van der Waals surface area contributed by atoms with Gasteiger partial charge in [-0.25, -0.2) is 0 Å². The first kappa shape index (κ1) is 8.96. The molecule has 50 valence electrons. The van der Waals surface area contributed by atoms with E-state index < -0.39 is 0 Å². The van der Waals surface area contributed by atoms with Crippen molar-refractivity contribution >= 4 is 31.9 Å². The van der Waals surface area contributed by atoms with Gasteiger partial charge in [0.1, 0.15) is 0 Å². The highest BCUT2D eigenvalue weighted by molar-refractivity contribution is 9.12. The number of rotatable bonds is 1. The van der Waals surface area contributed by atoms with Crippen LogP contribution in [-0.2, 0) is 0 Å². The van der Waals surface area contributed by atoms with Gasteiger partial charge in [0.25, 0.3) is 0 Å². The molecule has 0 aliphatic carbocycles. The van der Waals surface area contributed by atoms with E-state index >= 15 is 0 Å². The number of halogens is 2. The molecular weight excluding hydrogens is 232 g/mol. The average molecular weight is 244 g/mol. The van der Waals surface area contributed by atoms with Crippen molar-refractivity contribution in [1.82, 2.24) is 0 Å². The summed E-state index contributed by atoms with van der Waals surface area (Å²) >= 11 is 6.95. The van der Waals surface area contributed by atoms with Crippen molar-refractivity contribution in [3.05, 3.63) is 0 Å². The Kier molecular flexibility index (Phi) is 3.60. The Balaban J connectivity index is 3.62. The van der Waals surface area contributed by atoms with Crippen LogP contribution in [0.25, 0.3) is 0 Å². The van der Waals surface area contributed by atoms with Crippen molar-refractivity contribution in [2.24, 2.45) is 5.41 Å². The van der Waals surface area contributed by atoms with E-state index in [0.717, 1.165) is 5.33 Å². The molecule has 0 saturated carbocycles. The molecule has 0 fully saturated rings. The SMILES string of the molecule is CC(C)(C)C(Br)CBr. The van der Waals surface area contributed by atoms with Gasteiger partial charge < -0.3 is 0 Å². The van der Waals surface area contributed by atoms with Gasteiger partial charge in [-0.05, 0) is 5.41 Å². The van der Waals surface area contributed by atoms with Gasteiger partial charge in [0.2, 0.25) is 0 Å². The second-order valence-corrected chi connectivity index (χ2v) is 4.74. The molecule has 0 aliphatic rings. The minimum absolute atomic E-state index is 0.378. The zero-order valence-electron chi connectivity index (χ0n) is 5.54. The molecule has 0 nitrogen and oxygen atoms in total. The van der Waals surface area contributed by atoms with Crippen molar-refractivity contribution in [2.45, 2.75) is 25.6 Å². The Labute approximate surface area is 68.3 Å². The zero-order chi connectivity index (χ0) is 6.78. The van der Waals surface area contributed by atoms with Crippen LogP contribution in [0.4, 0.5) is 0 Å². The second kappa shape index (κ2) is 3.21. The molecule has 0 aromatic rings. The molecule has 0 N–H and O–H groups in total. The molecular formula is C6H12Br2. The third-order valence-corrected chi connectivity index (χ3v) is 4.29. The molecule has 0 saturated heterocycles. The largest absolute Gasteiger partial charge is 0.0916 e. The van der Waals surface area contributed by atoms with Crippen molar-refractivity contribution in [1.29, 1.82) is 0 Å². The first-order valence-corrected chi connectivity index (χ1v) is 4.72. The molecule has 8 heavy (non-hydrogen) atoms. The van der Waals surface area contributed by atoms with Crippen molar-refractivity contribution in [3.63, 3.8) is 0 Å². The van der Waals surface area contributed by atoms with E-state index in [-0.39, 0.29) is 0 Å². The van der Waals surface area contributed by atoms with Gasteiger partial charge in [-0.1, -0.05) is 52.6 Å². The lowest BCUT2D eigenvalue weighted by atomic mass is 9.93. The summed E-state index contributed by atoms with van der Waals surface area (Å²) in [4.78, 5) is 0.579. The van der Waals surface area contributed by atoms with E-state index in [9.17, 15) is 0 Å². The quantitative estimate of drug-likeness (QED) is 0.621. The number of hydrogen-bond acceptors (Lipinski definition) is 0. The lowest BCUT2D eigenvalue weighted by Gasteiger charge is -2.22. The normalized spacial score (nSPS) is 16.1. The van der Waals surface area contributed by atoms with E-state index in [4.69, 9.17) is 0 Å². The van der Waals surface area contributed by atoms with Gasteiger partial charge in [0.15, 0.2) is 0 Å². The fraction of sp³-hybridized carbons (Fsp3) is 1.00. The lowest BCUT2D eigenvalue weighted by molar-refractivity contribution is 0.421. The maximum atomic E-state index is 3.55. The van der Waals surface area contributed by atoms with Gasteiger partial charge in [-0.3, -0.25) is 0 Å². The summed E-state index contributed by atoms with van der Waals surface area (Å²) in [5.74, 6) is 0. The van der Waals surface area contributed by atoms with Crippen molar-refractivity contribution < 1.29 is 0 Å². The maximum absolute atomic E-state index is 3.55. The summed E-state index contributed by atoms with van der Waals surface area (Å²) in [6, 6.07) is 0. The Bertz CT molecular complexity index is 63.4. The van der Waals surface area contributed by atoms with E-state index in [1.54, 1.807) is 0 Å². The van der Waals surface area contributed by atoms with Crippen LogP contribution >= 0.6 is 31.9 Å². The second-order valence-electron chi connectivity index (χ2n) is 2.99. The molecule has 1 unspecified atom stereocenters. The molecule has 0 aromatic heterocycles. The van der Waals surface area contributed by atoms with E-state index in [1.165, 1.54) is 0 Å². The number of hydrogen-bond donors (Lipinski definition) is 0. The van der Waals surface area contributed by atoms with Crippen LogP contribution in [0.3, 0.4) is 0 Å². The fourth-order valence-corrected chi connectivity index (χ4v) is 1.20. The van der Waals surface area contributed by atoms with E-state index in [0.29, 0.717) is 10.2 Å². The predicted octanol–water partition coefficient (Wildman–Crippen LogP) is 3.19. The highest BCUT2D eigenvalue weighted by Crippen LogP contribution is 2.26. The lowest BCUT2D eigenvalue weighted by Crippen LogP contribution is -2.20. The van der Waals surface area contributed by atoms with E-state index in [1.807, 2.05) is 0 Å². The first-order chi connectivity index (χ1) is 3.48. The molecule has 0 aliphatic heterocycles. The topological polar surface area (TPSA) is 0 Å². The minimum Gasteiger partial charge on any atom is -0.0916 e. The van der Waals surface area contributed by atoms with Crippen LogP contribution in [0, 0.1) is 5.41 Å². The van der Waals surface area contributed by atoms with E-state index in [2.05, 4.69) is 52.6 Å². The summed E-state index contributed by atoms with van der Waals surface area (Å²) in [5, 5.41) is 1.02. The maximum Gasteiger partial charge on any atom is 0.0291 e. The van der Waals surface area contributed by atoms with Crippen LogP contribution in [0.15, 0.2) is 0 Å². The minimum atomic E-state index is 0.378. The van der Waals surface area contributed by atoms with Crippen molar-refractivity contribution in [2.75, 3.05) is 5.33 Å². The Morgan fingerprint density at radius 1 is 1.38 bits per heavy atom. The third kappa shape index (κ3) is 3.08. The van der Waals surface area contributed by atoms with Crippen LogP contribution < -0.4 is 0 Å². The Hall–Kier alpha value is 0.960. The molecule has 1 atom stereocenters. The highest BCUT2D eigenvalue weighted by Gasteiger charge is 2.19. The smallest absolute Gasteiger partial charge is 0.0291 e. The zero-order valence-corrected chi connectivity index (χ0v) is 8.71. The van der Waals surface area contributed by atoms with Gasteiger partial charge in [0.05, 0.1) is 0 Å². The van der Waals surface area contributed by atoms with Crippen LogP contribution in [0.5, 0.6) is 0 Å². The molecule has 0 bridgehead atoms. The number of alkyl halides is 2. The summed E-state index contributed by atoms with van der Waals surface area (Å²) in [6.45, 7) is 6.65. The molecule has 0 radical (unpaired) electrons. The Morgan fingerprint density at radius 2 is 1.75 bits per heavy atom. The molecule has 2 heteroatoms. The van der Waals surface area contributed by atoms with Crippen LogP contribution in [0.2, 0.25) is 0 Å². The molecule has 0 amide bonds. The van der Waals surface area contributed by atoms with Gasteiger partial charge in [-0.15, -0.1) is 0 Å².